The molecule has 1 aliphatic rings. The van der Waals surface area contributed by atoms with Crippen LogP contribution in [0.3, 0.4) is 0 Å². The minimum atomic E-state index is -0.830. The fourth-order valence-corrected chi connectivity index (χ4v) is 2.24. The number of benzene rings is 1. The van der Waals surface area contributed by atoms with E-state index in [0.717, 1.165) is 23.3 Å². The molecule has 0 aliphatic heterocycles. The van der Waals surface area contributed by atoms with E-state index in [2.05, 4.69) is 9.97 Å². The van der Waals surface area contributed by atoms with Crippen molar-refractivity contribution in [3.8, 4) is 0 Å². The van der Waals surface area contributed by atoms with Gasteiger partial charge < -0.3 is 10.0 Å². The quantitative estimate of drug-likeness (QED) is 0.886. The van der Waals surface area contributed by atoms with Gasteiger partial charge in [0.1, 0.15) is 18.7 Å². The molecule has 0 radical (unpaired) electrons. The fourth-order valence-electron chi connectivity index (χ4n) is 2.24. The van der Waals surface area contributed by atoms with Gasteiger partial charge in [0.25, 0.3) is 0 Å². The lowest BCUT2D eigenvalue weighted by Crippen LogP contribution is -2.32. The summed E-state index contributed by atoms with van der Waals surface area (Å²) in [5.74, 6) is 0.497. The Balaban J connectivity index is 2.00. The average Bonchev–Trinajstić information content (AvgIpc) is 3.21. The van der Waals surface area contributed by atoms with Crippen LogP contribution < -0.4 is 4.90 Å². The van der Waals surface area contributed by atoms with Crippen molar-refractivity contribution in [1.82, 2.24) is 9.97 Å². The van der Waals surface area contributed by atoms with Gasteiger partial charge in [0.2, 0.25) is 0 Å². The average molecular weight is 257 g/mol. The molecule has 1 aliphatic carbocycles. The first-order chi connectivity index (χ1) is 9.24. The molecule has 0 atom stereocenters. The summed E-state index contributed by atoms with van der Waals surface area (Å²) in [6.07, 6.45) is 3.86. The molecule has 0 spiro atoms. The smallest absolute Gasteiger partial charge is 0.323 e. The number of nitrogens with zero attached hydrogens (tertiary/aromatic N) is 3. The van der Waals surface area contributed by atoms with Crippen LogP contribution in [-0.2, 0) is 4.79 Å². The van der Waals surface area contributed by atoms with Crippen molar-refractivity contribution in [3.05, 3.63) is 30.6 Å². The van der Waals surface area contributed by atoms with E-state index in [1.165, 1.54) is 19.2 Å². The van der Waals surface area contributed by atoms with Crippen LogP contribution in [0.1, 0.15) is 12.8 Å². The third-order valence-corrected chi connectivity index (χ3v) is 3.32. The van der Waals surface area contributed by atoms with E-state index in [9.17, 15) is 4.79 Å². The van der Waals surface area contributed by atoms with E-state index < -0.39 is 5.97 Å². The zero-order valence-electron chi connectivity index (χ0n) is 10.5. The molecule has 0 saturated heterocycles. The van der Waals surface area contributed by atoms with E-state index >= 15 is 0 Å². The highest BCUT2D eigenvalue weighted by molar-refractivity contribution is 5.90. The lowest BCUT2D eigenvalue weighted by molar-refractivity contribution is -0.135. The normalized spacial score (nSPS) is 14.5. The zero-order chi connectivity index (χ0) is 13.2. The first kappa shape index (κ1) is 11.9. The standard InChI is InChI=1S/C14H15N3O2/c18-13(19)8-17(7-10-5-6-10)14-11-3-1-2-4-12(11)15-9-16-14/h1-4,9-10H,5-8H2,(H,18,19). The first-order valence-electron chi connectivity index (χ1n) is 6.40. The highest BCUT2D eigenvalue weighted by atomic mass is 16.4. The number of aromatic nitrogens is 2. The summed E-state index contributed by atoms with van der Waals surface area (Å²) in [5, 5.41) is 9.97. The molecule has 1 aromatic heterocycles. The maximum Gasteiger partial charge on any atom is 0.323 e. The van der Waals surface area contributed by atoms with Gasteiger partial charge in [-0.2, -0.15) is 0 Å². The molecule has 1 fully saturated rings. The third-order valence-electron chi connectivity index (χ3n) is 3.32. The third kappa shape index (κ3) is 2.65. The number of carboxylic acid groups (broad SMARTS) is 1. The van der Waals surface area contributed by atoms with Gasteiger partial charge in [-0.3, -0.25) is 4.79 Å². The Morgan fingerprint density at radius 2 is 2.11 bits per heavy atom. The van der Waals surface area contributed by atoms with Crippen LogP contribution in [0.25, 0.3) is 10.9 Å². The Morgan fingerprint density at radius 1 is 1.32 bits per heavy atom. The second kappa shape index (κ2) is 4.84. The summed E-state index contributed by atoms with van der Waals surface area (Å²) in [6.45, 7) is 0.741. The summed E-state index contributed by atoms with van der Waals surface area (Å²) in [4.78, 5) is 21.4. The summed E-state index contributed by atoms with van der Waals surface area (Å²) < 4.78 is 0. The number of carboxylic acids is 1. The van der Waals surface area contributed by atoms with E-state index in [1.807, 2.05) is 29.2 Å². The molecule has 0 amide bonds. The zero-order valence-corrected chi connectivity index (χ0v) is 10.5. The minimum Gasteiger partial charge on any atom is -0.480 e. The summed E-state index contributed by atoms with van der Waals surface area (Å²) in [6, 6.07) is 7.69. The van der Waals surface area contributed by atoms with Gasteiger partial charge in [0.15, 0.2) is 0 Å². The fraction of sp³-hybridized carbons (Fsp3) is 0.357. The van der Waals surface area contributed by atoms with Gasteiger partial charge in [-0.1, -0.05) is 12.1 Å². The van der Waals surface area contributed by atoms with Crippen LogP contribution in [0.5, 0.6) is 0 Å². The molecule has 1 saturated carbocycles. The number of anilines is 1. The van der Waals surface area contributed by atoms with Gasteiger partial charge in [0, 0.05) is 11.9 Å². The molecule has 1 N–H and O–H groups in total. The molecule has 1 aromatic carbocycles. The van der Waals surface area contributed by atoms with Crippen LogP contribution in [0.15, 0.2) is 30.6 Å². The van der Waals surface area contributed by atoms with Crippen LogP contribution in [0.4, 0.5) is 5.82 Å². The molecule has 1 heterocycles. The van der Waals surface area contributed by atoms with Gasteiger partial charge in [0.05, 0.1) is 5.52 Å². The molecule has 19 heavy (non-hydrogen) atoms. The SMILES string of the molecule is O=C(O)CN(CC1CC1)c1ncnc2ccccc12. The van der Waals surface area contributed by atoms with Crippen LogP contribution >= 0.6 is 0 Å². The Hall–Kier alpha value is -2.17. The number of hydrogen-bond acceptors (Lipinski definition) is 4. The highest BCUT2D eigenvalue weighted by Crippen LogP contribution is 2.32. The largest absolute Gasteiger partial charge is 0.480 e. The van der Waals surface area contributed by atoms with Gasteiger partial charge in [-0.25, -0.2) is 9.97 Å². The number of rotatable bonds is 5. The molecular formula is C14H15N3O2. The van der Waals surface area contributed by atoms with Crippen molar-refractivity contribution in [3.63, 3.8) is 0 Å². The Morgan fingerprint density at radius 3 is 2.84 bits per heavy atom. The van der Waals surface area contributed by atoms with E-state index in [-0.39, 0.29) is 6.54 Å². The molecule has 3 rings (SSSR count). The summed E-state index contributed by atoms with van der Waals surface area (Å²) in [5.41, 5.74) is 0.846. The van der Waals surface area contributed by atoms with Crippen LogP contribution in [0.2, 0.25) is 0 Å². The molecule has 5 nitrogen and oxygen atoms in total. The monoisotopic (exact) mass is 257 g/mol. The molecule has 5 heteroatoms. The number of carbonyl (C=O) groups is 1. The first-order valence-corrected chi connectivity index (χ1v) is 6.40. The van der Waals surface area contributed by atoms with Gasteiger partial charge in [-0.15, -0.1) is 0 Å². The molecule has 2 aromatic rings. The second-order valence-electron chi connectivity index (χ2n) is 4.93. The Labute approximate surface area is 110 Å². The van der Waals surface area contributed by atoms with Crippen LogP contribution in [-0.4, -0.2) is 34.1 Å². The number of aliphatic carboxylic acids is 1. The van der Waals surface area contributed by atoms with Crippen molar-refractivity contribution in [1.29, 1.82) is 0 Å². The van der Waals surface area contributed by atoms with Gasteiger partial charge >= 0.3 is 5.97 Å². The van der Waals surface area contributed by atoms with Crippen LogP contribution in [0, 0.1) is 5.92 Å². The molecular weight excluding hydrogens is 242 g/mol. The maximum absolute atomic E-state index is 11.0. The predicted molar refractivity (Wildman–Crippen MR) is 72.1 cm³/mol. The number of para-hydroxylation sites is 1. The maximum atomic E-state index is 11.0. The van der Waals surface area contributed by atoms with Crippen molar-refractivity contribution in [2.45, 2.75) is 12.8 Å². The van der Waals surface area contributed by atoms with Gasteiger partial charge in [-0.05, 0) is 30.9 Å². The Kier molecular flexibility index (Phi) is 3.03. The van der Waals surface area contributed by atoms with Crippen molar-refractivity contribution in [2.75, 3.05) is 18.0 Å². The highest BCUT2D eigenvalue weighted by Gasteiger charge is 2.26. The number of hydrogen-bond donors (Lipinski definition) is 1. The Bertz CT molecular complexity index is 605. The summed E-state index contributed by atoms with van der Waals surface area (Å²) in [7, 11) is 0. The van der Waals surface area contributed by atoms with Crippen molar-refractivity contribution >= 4 is 22.7 Å². The van der Waals surface area contributed by atoms with E-state index in [4.69, 9.17) is 5.11 Å². The van der Waals surface area contributed by atoms with Crippen molar-refractivity contribution < 1.29 is 9.90 Å². The van der Waals surface area contributed by atoms with E-state index in [0.29, 0.717) is 5.92 Å². The second-order valence-corrected chi connectivity index (χ2v) is 4.93. The molecule has 0 bridgehead atoms. The predicted octanol–water partition coefficient (Wildman–Crippen LogP) is 1.93. The molecule has 98 valence electrons. The topological polar surface area (TPSA) is 66.3 Å². The molecule has 0 unspecified atom stereocenters. The van der Waals surface area contributed by atoms with E-state index in [1.54, 1.807) is 0 Å². The minimum absolute atomic E-state index is 0.0164. The number of fused-ring (bicyclic) bond motifs is 1. The lowest BCUT2D eigenvalue weighted by atomic mass is 10.2. The lowest BCUT2D eigenvalue weighted by Gasteiger charge is -2.22. The summed E-state index contributed by atoms with van der Waals surface area (Å²) >= 11 is 0. The van der Waals surface area contributed by atoms with Crippen molar-refractivity contribution in [2.24, 2.45) is 5.92 Å².